The van der Waals surface area contributed by atoms with Crippen LogP contribution in [0, 0.1) is 0 Å². The Morgan fingerprint density at radius 3 is 2.16 bits per heavy atom. The Morgan fingerprint density at radius 1 is 1.06 bits per heavy atom. The maximum atomic E-state index is 13.0. The van der Waals surface area contributed by atoms with Crippen molar-refractivity contribution in [3.05, 3.63) is 36.9 Å². The third kappa shape index (κ3) is 5.83. The summed E-state index contributed by atoms with van der Waals surface area (Å²) in [5, 5.41) is 9.79. The number of ether oxygens (including phenoxy) is 2. The molecule has 2 aromatic rings. The fourth-order valence-corrected chi connectivity index (χ4v) is 3.93. The number of anilines is 2. The molecule has 2 fully saturated rings. The number of carbonyl (C=O) groups excluding carboxylic acids is 2. The molecule has 3 atom stereocenters. The first kappa shape index (κ1) is 22.2. The van der Waals surface area contributed by atoms with Crippen molar-refractivity contribution >= 4 is 23.3 Å². The lowest BCUT2D eigenvalue weighted by molar-refractivity contribution is -0.119. The van der Waals surface area contributed by atoms with Gasteiger partial charge in [-0.25, -0.2) is 14.5 Å². The van der Waals surface area contributed by atoms with Crippen LogP contribution in [-0.2, 0) is 14.3 Å². The van der Waals surface area contributed by atoms with Crippen LogP contribution in [-0.4, -0.2) is 70.1 Å². The Balaban J connectivity index is 1.33. The van der Waals surface area contributed by atoms with Crippen molar-refractivity contribution in [3.8, 4) is 0 Å². The maximum absolute atomic E-state index is 13.0. The van der Waals surface area contributed by atoms with E-state index in [1.165, 1.54) is 17.3 Å². The Bertz CT molecular complexity index is 858. The topological polar surface area (TPSA) is 111 Å². The number of nitrogens with zero attached hydrogens (tertiary/aromatic N) is 4. The van der Waals surface area contributed by atoms with Gasteiger partial charge in [0.15, 0.2) is 0 Å². The van der Waals surface area contributed by atoms with E-state index >= 15 is 0 Å². The first-order valence-electron chi connectivity index (χ1n) is 11.1. The van der Waals surface area contributed by atoms with Crippen LogP contribution in [0.15, 0.2) is 36.9 Å². The minimum absolute atomic E-state index is 0.0757. The highest BCUT2D eigenvalue weighted by molar-refractivity contribution is 5.94. The fourth-order valence-electron chi connectivity index (χ4n) is 3.93. The van der Waals surface area contributed by atoms with E-state index in [0.29, 0.717) is 24.5 Å². The van der Waals surface area contributed by atoms with E-state index in [1.807, 2.05) is 0 Å². The molecule has 172 valence electrons. The van der Waals surface area contributed by atoms with E-state index in [4.69, 9.17) is 9.47 Å². The average molecular weight is 443 g/mol. The van der Waals surface area contributed by atoms with Gasteiger partial charge in [-0.15, -0.1) is 0 Å². The van der Waals surface area contributed by atoms with E-state index < -0.39 is 6.04 Å². The van der Waals surface area contributed by atoms with Crippen LogP contribution >= 0.6 is 0 Å². The lowest BCUT2D eigenvalue weighted by Crippen LogP contribution is -2.44. The molecule has 4 rings (SSSR count). The highest BCUT2D eigenvalue weighted by atomic mass is 16.5. The summed E-state index contributed by atoms with van der Waals surface area (Å²) in [7, 11) is 0. The van der Waals surface area contributed by atoms with E-state index in [0.717, 1.165) is 38.9 Å². The second-order valence-corrected chi connectivity index (χ2v) is 8.22. The van der Waals surface area contributed by atoms with Crippen LogP contribution in [0.25, 0.3) is 0 Å². The summed E-state index contributed by atoms with van der Waals surface area (Å²) in [5.74, 6) is -0.202. The zero-order valence-electron chi connectivity index (χ0n) is 18.3. The molecule has 0 bridgehead atoms. The van der Waals surface area contributed by atoms with Crippen LogP contribution < -0.4 is 10.6 Å². The third-order valence-corrected chi connectivity index (χ3v) is 5.80. The highest BCUT2D eigenvalue weighted by Crippen LogP contribution is 2.20. The summed E-state index contributed by atoms with van der Waals surface area (Å²) in [6.45, 7) is 4.36. The second kappa shape index (κ2) is 10.6. The van der Waals surface area contributed by atoms with Crippen molar-refractivity contribution in [3.63, 3.8) is 0 Å². The molecule has 0 saturated carbocycles. The molecule has 2 aliphatic heterocycles. The molecule has 3 amide bonds. The minimum atomic E-state index is -0.485. The predicted octanol–water partition coefficient (Wildman–Crippen LogP) is 2.67. The molecule has 0 radical (unpaired) electrons. The van der Waals surface area contributed by atoms with Gasteiger partial charge in [0.2, 0.25) is 5.91 Å². The van der Waals surface area contributed by atoms with Gasteiger partial charge in [-0.2, -0.15) is 5.10 Å². The van der Waals surface area contributed by atoms with E-state index in [-0.39, 0.29) is 24.1 Å². The van der Waals surface area contributed by atoms with Gasteiger partial charge in [0.25, 0.3) is 0 Å². The second-order valence-electron chi connectivity index (χ2n) is 8.22. The summed E-state index contributed by atoms with van der Waals surface area (Å²) in [5.41, 5.74) is 1.29. The number of carbonyl (C=O) groups is 2. The highest BCUT2D eigenvalue weighted by Gasteiger charge is 2.27. The quantitative estimate of drug-likeness (QED) is 0.650. The number of nitrogens with one attached hydrogen (secondary N) is 2. The molecule has 2 saturated heterocycles. The molecule has 1 aromatic carbocycles. The molecule has 0 aliphatic carbocycles. The van der Waals surface area contributed by atoms with Crippen molar-refractivity contribution < 1.29 is 19.1 Å². The van der Waals surface area contributed by atoms with E-state index in [9.17, 15) is 9.59 Å². The average Bonchev–Trinajstić information content (AvgIpc) is 3.57. The van der Waals surface area contributed by atoms with Gasteiger partial charge >= 0.3 is 6.03 Å². The first-order valence-corrected chi connectivity index (χ1v) is 11.1. The summed E-state index contributed by atoms with van der Waals surface area (Å²) < 4.78 is 13.0. The van der Waals surface area contributed by atoms with Crippen LogP contribution in [0.3, 0.4) is 0 Å². The molecule has 10 heteroatoms. The maximum Gasteiger partial charge on any atom is 0.322 e. The Kier molecular flexibility index (Phi) is 7.33. The standard InChI is InChI=1S/C22H30N6O4/c1-16(28-15-23-14-24-28)21(29)25-17-6-8-18(9-7-17)26-22(30)27(12-19-4-2-10-31-19)13-20-5-3-11-32-20/h6-9,14-16,19-20H,2-5,10-13H2,1H3,(H,25,29)(H,26,30)/t16-,19-,20-/m1/s1. The van der Waals surface area contributed by atoms with Crippen LogP contribution in [0.4, 0.5) is 16.2 Å². The molecule has 2 aliphatic rings. The van der Waals surface area contributed by atoms with Crippen molar-refractivity contribution in [1.82, 2.24) is 19.7 Å². The number of hydrogen-bond donors (Lipinski definition) is 2. The van der Waals surface area contributed by atoms with Crippen LogP contribution in [0.5, 0.6) is 0 Å². The van der Waals surface area contributed by atoms with Gasteiger partial charge < -0.3 is 25.0 Å². The molecule has 2 N–H and O–H groups in total. The molecule has 0 spiro atoms. The smallest absolute Gasteiger partial charge is 0.322 e. The molecule has 0 unspecified atom stereocenters. The summed E-state index contributed by atoms with van der Waals surface area (Å²) in [6.07, 6.45) is 7.04. The predicted molar refractivity (Wildman–Crippen MR) is 118 cm³/mol. The molecule has 10 nitrogen and oxygen atoms in total. The van der Waals surface area contributed by atoms with Crippen LogP contribution in [0.1, 0.15) is 38.6 Å². The fraction of sp³-hybridized carbons (Fsp3) is 0.545. The molecular weight excluding hydrogens is 412 g/mol. The Labute approximate surface area is 187 Å². The van der Waals surface area contributed by atoms with Crippen LogP contribution in [0.2, 0.25) is 0 Å². The van der Waals surface area contributed by atoms with E-state index in [1.54, 1.807) is 36.1 Å². The Hall–Kier alpha value is -2.98. The zero-order chi connectivity index (χ0) is 22.3. The molecule has 1 aromatic heterocycles. The third-order valence-electron chi connectivity index (χ3n) is 5.80. The van der Waals surface area contributed by atoms with Crippen molar-refractivity contribution in [1.29, 1.82) is 0 Å². The lowest BCUT2D eigenvalue weighted by Gasteiger charge is -2.28. The molecule has 32 heavy (non-hydrogen) atoms. The number of rotatable bonds is 8. The summed E-state index contributed by atoms with van der Waals surface area (Å²) in [6, 6.07) is 6.39. The number of hydrogen-bond acceptors (Lipinski definition) is 6. The monoisotopic (exact) mass is 442 g/mol. The van der Waals surface area contributed by atoms with E-state index in [2.05, 4.69) is 20.7 Å². The molecule has 3 heterocycles. The molecular formula is C22H30N6O4. The Morgan fingerprint density at radius 2 is 1.66 bits per heavy atom. The van der Waals surface area contributed by atoms with Gasteiger partial charge in [0, 0.05) is 37.7 Å². The first-order chi connectivity index (χ1) is 15.6. The minimum Gasteiger partial charge on any atom is -0.376 e. The number of urea groups is 1. The van der Waals surface area contributed by atoms with Gasteiger partial charge in [0.05, 0.1) is 12.2 Å². The van der Waals surface area contributed by atoms with Gasteiger partial charge in [-0.05, 0) is 56.9 Å². The van der Waals surface area contributed by atoms with Crippen molar-refractivity contribution in [2.24, 2.45) is 0 Å². The summed E-state index contributed by atoms with van der Waals surface area (Å²) >= 11 is 0. The van der Waals surface area contributed by atoms with Gasteiger partial charge in [-0.3, -0.25) is 4.79 Å². The van der Waals surface area contributed by atoms with Crippen molar-refractivity contribution in [2.75, 3.05) is 36.9 Å². The largest absolute Gasteiger partial charge is 0.376 e. The SMILES string of the molecule is C[C@H](C(=O)Nc1ccc(NC(=O)N(C[C@H]2CCCO2)C[C@H]2CCCO2)cc1)n1cncn1. The zero-order valence-corrected chi connectivity index (χ0v) is 18.3. The number of amides is 3. The lowest BCUT2D eigenvalue weighted by atomic mass is 10.2. The number of aromatic nitrogens is 3. The normalized spacial score (nSPS) is 21.3. The number of benzene rings is 1. The van der Waals surface area contributed by atoms with Crippen molar-refractivity contribution in [2.45, 2.75) is 50.9 Å². The summed E-state index contributed by atoms with van der Waals surface area (Å²) in [4.78, 5) is 31.0. The van der Waals surface area contributed by atoms with Gasteiger partial charge in [0.1, 0.15) is 18.7 Å². The van der Waals surface area contributed by atoms with Gasteiger partial charge in [-0.1, -0.05) is 0 Å².